The lowest BCUT2D eigenvalue weighted by Gasteiger charge is -2.07. The fraction of sp³-hybridized carbons (Fsp3) is 0.467. The van der Waals surface area contributed by atoms with Crippen LogP contribution in [0.2, 0.25) is 0 Å². The van der Waals surface area contributed by atoms with Crippen LogP contribution in [0.25, 0.3) is 0 Å². The molecule has 0 saturated carbocycles. The van der Waals surface area contributed by atoms with Gasteiger partial charge in [-0.3, -0.25) is 4.68 Å². The van der Waals surface area contributed by atoms with Gasteiger partial charge >= 0.3 is 0 Å². The zero-order valence-electron chi connectivity index (χ0n) is 11.7. The maximum atomic E-state index is 5.70. The summed E-state index contributed by atoms with van der Waals surface area (Å²) in [6.45, 7) is 5.49. The molecule has 2 aromatic rings. The van der Waals surface area contributed by atoms with Crippen molar-refractivity contribution in [2.45, 2.75) is 32.4 Å². The lowest BCUT2D eigenvalue weighted by Crippen LogP contribution is -2.14. The number of rotatable bonds is 6. The van der Waals surface area contributed by atoms with Crippen LogP contribution in [0.15, 0.2) is 30.5 Å². The molecule has 5 nitrogen and oxygen atoms in total. The van der Waals surface area contributed by atoms with Crippen molar-refractivity contribution in [2.75, 3.05) is 13.2 Å². The molecule has 0 saturated heterocycles. The molecule has 0 spiro atoms. The normalized spacial score (nSPS) is 16.9. The molecule has 3 rings (SSSR count). The van der Waals surface area contributed by atoms with E-state index in [9.17, 15) is 0 Å². The Hall–Kier alpha value is -1.88. The molecule has 1 N–H and O–H groups in total. The van der Waals surface area contributed by atoms with Crippen LogP contribution in [0.3, 0.4) is 0 Å². The SMILES string of the molecule is CCCNCc1cn(CC2COc3ccccc32)nn1. The summed E-state index contributed by atoms with van der Waals surface area (Å²) in [6, 6.07) is 8.22. The second kappa shape index (κ2) is 6.05. The van der Waals surface area contributed by atoms with Crippen LogP contribution in [0.4, 0.5) is 0 Å². The Balaban J connectivity index is 1.62. The minimum Gasteiger partial charge on any atom is -0.493 e. The lowest BCUT2D eigenvalue weighted by atomic mass is 10.0. The Bertz CT molecular complexity index is 567. The summed E-state index contributed by atoms with van der Waals surface area (Å²) >= 11 is 0. The summed E-state index contributed by atoms with van der Waals surface area (Å²) in [4.78, 5) is 0. The van der Waals surface area contributed by atoms with Gasteiger partial charge in [-0.05, 0) is 19.0 Å². The molecule has 106 valence electrons. The highest BCUT2D eigenvalue weighted by Gasteiger charge is 2.24. The van der Waals surface area contributed by atoms with Gasteiger partial charge in [0.15, 0.2) is 0 Å². The third-order valence-electron chi connectivity index (χ3n) is 3.53. The van der Waals surface area contributed by atoms with Gasteiger partial charge in [0.2, 0.25) is 0 Å². The average Bonchev–Trinajstić information content (AvgIpc) is 3.08. The number of hydrogen-bond acceptors (Lipinski definition) is 4. The number of nitrogens with zero attached hydrogens (tertiary/aromatic N) is 3. The summed E-state index contributed by atoms with van der Waals surface area (Å²) in [5.41, 5.74) is 2.26. The van der Waals surface area contributed by atoms with Crippen LogP contribution >= 0.6 is 0 Å². The Kier molecular flexibility index (Phi) is 3.97. The highest BCUT2D eigenvalue weighted by atomic mass is 16.5. The van der Waals surface area contributed by atoms with Crippen molar-refractivity contribution in [1.29, 1.82) is 0 Å². The van der Waals surface area contributed by atoms with E-state index in [-0.39, 0.29) is 0 Å². The maximum Gasteiger partial charge on any atom is 0.122 e. The third kappa shape index (κ3) is 2.82. The molecule has 0 radical (unpaired) electrons. The van der Waals surface area contributed by atoms with E-state index in [2.05, 4.69) is 34.7 Å². The number of hydrogen-bond donors (Lipinski definition) is 1. The fourth-order valence-electron chi connectivity index (χ4n) is 2.51. The fourth-order valence-corrected chi connectivity index (χ4v) is 2.51. The van der Waals surface area contributed by atoms with Crippen molar-refractivity contribution in [1.82, 2.24) is 20.3 Å². The van der Waals surface area contributed by atoms with Gasteiger partial charge in [-0.15, -0.1) is 5.10 Å². The molecule has 20 heavy (non-hydrogen) atoms. The number of fused-ring (bicyclic) bond motifs is 1. The quantitative estimate of drug-likeness (QED) is 0.817. The molecule has 0 fully saturated rings. The lowest BCUT2D eigenvalue weighted by molar-refractivity contribution is 0.314. The maximum absolute atomic E-state index is 5.70. The molecule has 0 aliphatic carbocycles. The van der Waals surface area contributed by atoms with E-state index in [1.54, 1.807) is 0 Å². The molecule has 1 aromatic heterocycles. The largest absolute Gasteiger partial charge is 0.493 e. The van der Waals surface area contributed by atoms with E-state index < -0.39 is 0 Å². The predicted octanol–water partition coefficient (Wildman–Crippen LogP) is 1.95. The molecule has 0 bridgehead atoms. The van der Waals surface area contributed by atoms with Crippen molar-refractivity contribution in [3.8, 4) is 5.75 Å². The number of benzene rings is 1. The smallest absolute Gasteiger partial charge is 0.122 e. The molecule has 1 atom stereocenters. The van der Waals surface area contributed by atoms with Gasteiger partial charge in [0.1, 0.15) is 5.75 Å². The molecule has 5 heteroatoms. The van der Waals surface area contributed by atoms with Crippen molar-refractivity contribution < 1.29 is 4.74 Å². The van der Waals surface area contributed by atoms with E-state index >= 15 is 0 Å². The topological polar surface area (TPSA) is 52.0 Å². The van der Waals surface area contributed by atoms with Gasteiger partial charge in [-0.25, -0.2) is 0 Å². The van der Waals surface area contributed by atoms with E-state index in [0.29, 0.717) is 5.92 Å². The van der Waals surface area contributed by atoms with Crippen LogP contribution in [0.1, 0.15) is 30.5 Å². The van der Waals surface area contributed by atoms with Crippen LogP contribution < -0.4 is 10.1 Å². The first-order valence-corrected chi connectivity index (χ1v) is 7.18. The van der Waals surface area contributed by atoms with Crippen LogP contribution in [-0.4, -0.2) is 28.1 Å². The van der Waals surface area contributed by atoms with Crippen molar-refractivity contribution >= 4 is 0 Å². The summed E-state index contributed by atoms with van der Waals surface area (Å²) in [6.07, 6.45) is 3.15. The van der Waals surface area contributed by atoms with Gasteiger partial charge in [0, 0.05) is 24.2 Å². The number of nitrogens with one attached hydrogen (secondary N) is 1. The standard InChI is InChI=1S/C15H20N4O/c1-2-7-16-8-13-10-19(18-17-13)9-12-11-20-15-6-4-3-5-14(12)15/h3-6,10,12,16H,2,7-9,11H2,1H3. The number of para-hydroxylation sites is 1. The first-order valence-electron chi connectivity index (χ1n) is 7.18. The molecule has 1 aliphatic rings. The van der Waals surface area contributed by atoms with Crippen molar-refractivity contribution in [3.63, 3.8) is 0 Å². The van der Waals surface area contributed by atoms with Crippen LogP contribution in [0, 0.1) is 0 Å². The van der Waals surface area contributed by atoms with Crippen LogP contribution in [-0.2, 0) is 13.1 Å². The highest BCUT2D eigenvalue weighted by molar-refractivity contribution is 5.39. The zero-order chi connectivity index (χ0) is 13.8. The van der Waals surface area contributed by atoms with Crippen molar-refractivity contribution in [2.24, 2.45) is 0 Å². The predicted molar refractivity (Wildman–Crippen MR) is 76.7 cm³/mol. The molecule has 0 amide bonds. The second-order valence-corrected chi connectivity index (χ2v) is 5.15. The van der Waals surface area contributed by atoms with E-state index in [1.165, 1.54) is 5.56 Å². The monoisotopic (exact) mass is 272 g/mol. The van der Waals surface area contributed by atoms with E-state index in [4.69, 9.17) is 4.74 Å². The summed E-state index contributed by atoms with van der Waals surface area (Å²) in [7, 11) is 0. The summed E-state index contributed by atoms with van der Waals surface area (Å²) in [5, 5.41) is 11.7. The third-order valence-corrected chi connectivity index (χ3v) is 3.53. The molecular formula is C15H20N4O. The van der Waals surface area contributed by atoms with Gasteiger partial charge in [0.05, 0.1) is 18.8 Å². The van der Waals surface area contributed by atoms with Gasteiger partial charge in [-0.1, -0.05) is 30.3 Å². The molecule has 2 heterocycles. The zero-order valence-corrected chi connectivity index (χ0v) is 11.7. The summed E-state index contributed by atoms with van der Waals surface area (Å²) in [5.74, 6) is 1.37. The first-order chi connectivity index (χ1) is 9.86. The molecule has 1 aromatic carbocycles. The van der Waals surface area contributed by atoms with Gasteiger partial charge < -0.3 is 10.1 Å². The van der Waals surface area contributed by atoms with Gasteiger partial charge in [-0.2, -0.15) is 0 Å². The Labute approximate surface area is 118 Å². The Morgan fingerprint density at radius 3 is 3.20 bits per heavy atom. The summed E-state index contributed by atoms with van der Waals surface area (Å²) < 4.78 is 7.61. The average molecular weight is 272 g/mol. The van der Waals surface area contributed by atoms with E-state index in [0.717, 1.165) is 44.1 Å². The van der Waals surface area contributed by atoms with Gasteiger partial charge in [0.25, 0.3) is 0 Å². The Morgan fingerprint density at radius 2 is 2.30 bits per heavy atom. The minimum absolute atomic E-state index is 0.365. The number of ether oxygens (including phenoxy) is 1. The second-order valence-electron chi connectivity index (χ2n) is 5.15. The van der Waals surface area contributed by atoms with Crippen LogP contribution in [0.5, 0.6) is 5.75 Å². The first kappa shape index (κ1) is 13.1. The van der Waals surface area contributed by atoms with Crippen molar-refractivity contribution in [3.05, 3.63) is 41.7 Å². The molecular weight excluding hydrogens is 252 g/mol. The highest BCUT2D eigenvalue weighted by Crippen LogP contribution is 2.34. The number of aromatic nitrogens is 3. The van der Waals surface area contributed by atoms with E-state index in [1.807, 2.05) is 23.0 Å². The molecule has 1 unspecified atom stereocenters. The Morgan fingerprint density at radius 1 is 1.40 bits per heavy atom. The minimum atomic E-state index is 0.365. The molecule has 1 aliphatic heterocycles.